The minimum atomic E-state index is 0.206. The zero-order valence-electron chi connectivity index (χ0n) is 11.3. The van der Waals surface area contributed by atoms with Gasteiger partial charge in [0.25, 0.3) is 0 Å². The Kier molecular flexibility index (Phi) is 4.30. The van der Waals surface area contributed by atoms with E-state index in [1.807, 2.05) is 12.1 Å². The van der Waals surface area contributed by atoms with Crippen LogP contribution in [0.3, 0.4) is 0 Å². The van der Waals surface area contributed by atoms with E-state index in [0.29, 0.717) is 0 Å². The fourth-order valence-corrected chi connectivity index (χ4v) is 2.79. The van der Waals surface area contributed by atoms with Crippen molar-refractivity contribution in [3.63, 3.8) is 0 Å². The number of nitrogens with one attached hydrogen (secondary N) is 1. The van der Waals surface area contributed by atoms with Crippen LogP contribution < -0.4 is 10.1 Å². The summed E-state index contributed by atoms with van der Waals surface area (Å²) in [5.41, 5.74) is 1.52. The molecule has 1 aliphatic heterocycles. The van der Waals surface area contributed by atoms with E-state index >= 15 is 0 Å². The van der Waals surface area contributed by atoms with Crippen molar-refractivity contribution in [2.24, 2.45) is 0 Å². The minimum Gasteiger partial charge on any atom is -0.497 e. The molecule has 0 radical (unpaired) electrons. The number of ether oxygens (including phenoxy) is 1. The fourth-order valence-electron chi connectivity index (χ4n) is 2.30. The van der Waals surface area contributed by atoms with Gasteiger partial charge < -0.3 is 10.1 Å². The highest BCUT2D eigenvalue weighted by Crippen LogP contribution is 2.27. The molecule has 0 atom stereocenters. The van der Waals surface area contributed by atoms with Crippen molar-refractivity contribution in [3.05, 3.63) is 28.2 Å². The third-order valence-electron chi connectivity index (χ3n) is 3.59. The van der Waals surface area contributed by atoms with E-state index in [-0.39, 0.29) is 5.54 Å². The van der Waals surface area contributed by atoms with Crippen molar-refractivity contribution in [2.45, 2.75) is 25.9 Å². The van der Waals surface area contributed by atoms with Crippen molar-refractivity contribution in [1.82, 2.24) is 10.2 Å². The van der Waals surface area contributed by atoms with Crippen LogP contribution in [0.5, 0.6) is 5.75 Å². The lowest BCUT2D eigenvalue weighted by molar-refractivity contribution is 0.0825. The third kappa shape index (κ3) is 3.05. The molecule has 2 rings (SSSR count). The molecule has 1 aromatic carbocycles. The Hall–Kier alpha value is -0.580. The number of hydrogen-bond donors (Lipinski definition) is 1. The van der Waals surface area contributed by atoms with E-state index in [4.69, 9.17) is 4.74 Å². The van der Waals surface area contributed by atoms with E-state index in [1.165, 1.54) is 5.56 Å². The minimum absolute atomic E-state index is 0.206. The van der Waals surface area contributed by atoms with Crippen molar-refractivity contribution in [3.8, 4) is 5.75 Å². The van der Waals surface area contributed by atoms with Gasteiger partial charge in [-0.1, -0.05) is 22.0 Å². The van der Waals surface area contributed by atoms with E-state index in [9.17, 15) is 0 Å². The number of hydrogen-bond acceptors (Lipinski definition) is 3. The lowest BCUT2D eigenvalue weighted by Crippen LogP contribution is -2.57. The van der Waals surface area contributed by atoms with Gasteiger partial charge in [-0.05, 0) is 31.5 Å². The van der Waals surface area contributed by atoms with Crippen LogP contribution in [0.25, 0.3) is 0 Å². The topological polar surface area (TPSA) is 24.5 Å². The fraction of sp³-hybridized carbons (Fsp3) is 0.571. The van der Waals surface area contributed by atoms with Crippen LogP contribution in [-0.4, -0.2) is 37.2 Å². The second-order valence-corrected chi connectivity index (χ2v) is 6.22. The zero-order chi connectivity index (χ0) is 13.2. The van der Waals surface area contributed by atoms with Crippen LogP contribution in [0.1, 0.15) is 19.4 Å². The lowest BCUT2D eigenvalue weighted by atomic mass is 9.99. The largest absolute Gasteiger partial charge is 0.497 e. The van der Waals surface area contributed by atoms with Crippen molar-refractivity contribution in [2.75, 3.05) is 26.7 Å². The van der Waals surface area contributed by atoms with Crippen LogP contribution >= 0.6 is 15.9 Å². The van der Waals surface area contributed by atoms with E-state index in [1.54, 1.807) is 7.11 Å². The second-order valence-electron chi connectivity index (χ2n) is 5.37. The molecule has 0 unspecified atom stereocenters. The number of benzene rings is 1. The number of halogens is 1. The van der Waals surface area contributed by atoms with Crippen molar-refractivity contribution < 1.29 is 4.74 Å². The molecule has 1 fully saturated rings. The number of rotatable bonds is 3. The summed E-state index contributed by atoms with van der Waals surface area (Å²) in [5, 5.41) is 3.45. The van der Waals surface area contributed by atoms with Crippen LogP contribution in [-0.2, 0) is 6.54 Å². The average Bonchev–Trinajstić information content (AvgIpc) is 2.33. The van der Waals surface area contributed by atoms with Gasteiger partial charge in [0.05, 0.1) is 7.11 Å². The van der Waals surface area contributed by atoms with Crippen molar-refractivity contribution in [1.29, 1.82) is 0 Å². The van der Waals surface area contributed by atoms with E-state index in [2.05, 4.69) is 46.1 Å². The SMILES string of the molecule is COc1ccc(CN2CCNCC2(C)C)c(Br)c1. The number of methoxy groups -OCH3 is 1. The van der Waals surface area contributed by atoms with Crippen LogP contribution in [0.4, 0.5) is 0 Å². The van der Waals surface area contributed by atoms with Gasteiger partial charge in [0.1, 0.15) is 5.75 Å². The molecule has 1 aliphatic rings. The molecule has 100 valence electrons. The molecule has 0 spiro atoms. The molecule has 1 aromatic rings. The highest BCUT2D eigenvalue weighted by Gasteiger charge is 2.29. The van der Waals surface area contributed by atoms with Gasteiger partial charge >= 0.3 is 0 Å². The molecule has 1 saturated heterocycles. The maximum absolute atomic E-state index is 5.23. The molecule has 0 bridgehead atoms. The molecule has 0 aliphatic carbocycles. The molecule has 1 N–H and O–H groups in total. The van der Waals surface area contributed by atoms with Crippen LogP contribution in [0.15, 0.2) is 22.7 Å². The molecule has 0 amide bonds. The summed E-state index contributed by atoms with van der Waals surface area (Å²) in [6.45, 7) is 8.75. The first kappa shape index (κ1) is 13.8. The summed E-state index contributed by atoms with van der Waals surface area (Å²) >= 11 is 3.63. The van der Waals surface area contributed by atoms with Gasteiger partial charge in [0.2, 0.25) is 0 Å². The smallest absolute Gasteiger partial charge is 0.120 e. The van der Waals surface area contributed by atoms with Gasteiger partial charge in [-0.2, -0.15) is 0 Å². The Labute approximate surface area is 118 Å². The highest BCUT2D eigenvalue weighted by atomic mass is 79.9. The summed E-state index contributed by atoms with van der Waals surface area (Å²) in [4.78, 5) is 2.52. The Morgan fingerprint density at radius 2 is 2.22 bits per heavy atom. The Morgan fingerprint density at radius 1 is 1.44 bits per heavy atom. The predicted molar refractivity (Wildman–Crippen MR) is 78.1 cm³/mol. The Balaban J connectivity index is 2.13. The second kappa shape index (κ2) is 5.59. The number of piperazine rings is 1. The van der Waals surface area contributed by atoms with Gasteiger partial charge in [-0.25, -0.2) is 0 Å². The molecule has 4 heteroatoms. The summed E-state index contributed by atoms with van der Waals surface area (Å²) in [6.07, 6.45) is 0. The van der Waals surface area contributed by atoms with Gasteiger partial charge in [0, 0.05) is 36.2 Å². The Morgan fingerprint density at radius 3 is 2.83 bits per heavy atom. The molecule has 3 nitrogen and oxygen atoms in total. The van der Waals surface area contributed by atoms with Gasteiger partial charge in [-0.15, -0.1) is 0 Å². The summed E-state index contributed by atoms with van der Waals surface area (Å²) in [7, 11) is 1.70. The van der Waals surface area contributed by atoms with Crippen LogP contribution in [0, 0.1) is 0 Å². The maximum atomic E-state index is 5.23. The normalized spacial score (nSPS) is 19.8. The first-order valence-electron chi connectivity index (χ1n) is 6.31. The maximum Gasteiger partial charge on any atom is 0.120 e. The zero-order valence-corrected chi connectivity index (χ0v) is 12.9. The summed E-state index contributed by atoms with van der Waals surface area (Å²) in [6, 6.07) is 6.20. The third-order valence-corrected chi connectivity index (χ3v) is 4.33. The van der Waals surface area contributed by atoms with E-state index in [0.717, 1.165) is 36.4 Å². The molecule has 1 heterocycles. The molecular weight excluding hydrogens is 292 g/mol. The van der Waals surface area contributed by atoms with Crippen LogP contribution in [0.2, 0.25) is 0 Å². The predicted octanol–water partition coefficient (Wildman–Crippen LogP) is 2.64. The first-order chi connectivity index (χ1) is 8.53. The first-order valence-corrected chi connectivity index (χ1v) is 7.10. The quantitative estimate of drug-likeness (QED) is 0.928. The average molecular weight is 313 g/mol. The summed E-state index contributed by atoms with van der Waals surface area (Å²) < 4.78 is 6.35. The van der Waals surface area contributed by atoms with E-state index < -0.39 is 0 Å². The highest BCUT2D eigenvalue weighted by molar-refractivity contribution is 9.10. The summed E-state index contributed by atoms with van der Waals surface area (Å²) in [5.74, 6) is 0.894. The van der Waals surface area contributed by atoms with Crippen molar-refractivity contribution >= 4 is 15.9 Å². The molecule has 18 heavy (non-hydrogen) atoms. The van der Waals surface area contributed by atoms with Gasteiger partial charge in [0.15, 0.2) is 0 Å². The standard InChI is InChI=1S/C14H21BrN2O/c1-14(2)10-16-6-7-17(14)9-11-4-5-12(18-3)8-13(11)15/h4-5,8,16H,6-7,9-10H2,1-3H3. The molecular formula is C14H21BrN2O. The van der Waals surface area contributed by atoms with Gasteiger partial charge in [-0.3, -0.25) is 4.90 Å². The molecule has 0 saturated carbocycles. The number of nitrogens with zero attached hydrogens (tertiary/aromatic N) is 1. The molecule has 0 aromatic heterocycles. The lowest BCUT2D eigenvalue weighted by Gasteiger charge is -2.43. The Bertz CT molecular complexity index is 420. The monoisotopic (exact) mass is 312 g/mol.